The number of nitrogens with two attached hydrogens (primary N) is 1. The third-order valence-corrected chi connectivity index (χ3v) is 7.17. The Bertz CT molecular complexity index is 1800. The number of hydrogen-bond acceptors (Lipinski definition) is 5. The van der Waals surface area contributed by atoms with Gasteiger partial charge in [0.15, 0.2) is 0 Å². The molecule has 0 spiro atoms. The zero-order valence-corrected chi connectivity index (χ0v) is 20.9. The first-order chi connectivity index (χ1) is 18.5. The number of likely N-dealkylation sites (N-methyl/N-ethyl adjacent to an activating group) is 1. The Labute approximate surface area is 223 Å². The van der Waals surface area contributed by atoms with Crippen LogP contribution in [0.5, 0.6) is 5.75 Å². The lowest BCUT2D eigenvalue weighted by atomic mass is 9.98. The van der Waals surface area contributed by atoms with Gasteiger partial charge in [-0.2, -0.15) is 13.2 Å². The topological polar surface area (TPSA) is 85.8 Å². The molecule has 2 aromatic heterocycles. The molecule has 6 rings (SSSR count). The first-order valence-corrected chi connectivity index (χ1v) is 12.0. The molecule has 3 aromatic carbocycles. The highest BCUT2D eigenvalue weighted by molar-refractivity contribution is 6.34. The summed E-state index contributed by atoms with van der Waals surface area (Å²) in [5.74, 6) is -0.560. The van der Waals surface area contributed by atoms with Crippen LogP contribution >= 0.6 is 11.6 Å². The highest BCUT2D eigenvalue weighted by Gasteiger charge is 2.34. The van der Waals surface area contributed by atoms with E-state index < -0.39 is 23.6 Å². The van der Waals surface area contributed by atoms with E-state index in [9.17, 15) is 22.4 Å². The van der Waals surface area contributed by atoms with Gasteiger partial charge in [-0.15, -0.1) is 0 Å². The SMILES string of the molecule is CN(C(=O)c1cc2c(cc1Cl)nc(N)c1cncn12)[C@@H]1COc2cc(-c3cc(C(F)(F)F)ccc3F)ccc21. The number of rotatable bonds is 3. The van der Waals surface area contributed by atoms with Crippen molar-refractivity contribution in [3.05, 3.63) is 88.6 Å². The maximum Gasteiger partial charge on any atom is 0.416 e. The molecule has 0 saturated carbocycles. The number of anilines is 1. The molecule has 0 bridgehead atoms. The first-order valence-electron chi connectivity index (χ1n) is 11.6. The lowest BCUT2D eigenvalue weighted by molar-refractivity contribution is -0.137. The van der Waals surface area contributed by atoms with Crippen molar-refractivity contribution in [1.29, 1.82) is 0 Å². The minimum absolute atomic E-state index is 0.0984. The number of aromatic nitrogens is 3. The second kappa shape index (κ2) is 8.84. The van der Waals surface area contributed by atoms with Crippen molar-refractivity contribution in [2.45, 2.75) is 12.2 Å². The number of imidazole rings is 1. The molecule has 5 aromatic rings. The van der Waals surface area contributed by atoms with Crippen molar-refractivity contribution in [3.8, 4) is 16.9 Å². The monoisotopic (exact) mass is 555 g/mol. The number of ether oxygens (including phenoxy) is 1. The van der Waals surface area contributed by atoms with Crippen LogP contribution in [0.1, 0.15) is 27.5 Å². The van der Waals surface area contributed by atoms with Crippen LogP contribution in [-0.2, 0) is 6.18 Å². The van der Waals surface area contributed by atoms with Gasteiger partial charge in [-0.05, 0) is 42.0 Å². The summed E-state index contributed by atoms with van der Waals surface area (Å²) in [6.07, 6.45) is -1.48. The van der Waals surface area contributed by atoms with Crippen LogP contribution in [0.25, 0.3) is 27.7 Å². The molecule has 7 nitrogen and oxygen atoms in total. The smallest absolute Gasteiger partial charge is 0.416 e. The van der Waals surface area contributed by atoms with Gasteiger partial charge in [0.1, 0.15) is 29.5 Å². The molecular weight excluding hydrogens is 538 g/mol. The summed E-state index contributed by atoms with van der Waals surface area (Å²) in [5.41, 5.74) is 7.59. The largest absolute Gasteiger partial charge is 0.491 e. The minimum atomic E-state index is -4.61. The van der Waals surface area contributed by atoms with E-state index in [4.69, 9.17) is 22.1 Å². The van der Waals surface area contributed by atoms with E-state index in [0.717, 1.165) is 12.1 Å². The van der Waals surface area contributed by atoms with Gasteiger partial charge >= 0.3 is 6.18 Å². The molecular formula is C27H18ClF4N5O2. The number of amides is 1. The Balaban J connectivity index is 1.33. The van der Waals surface area contributed by atoms with Crippen molar-refractivity contribution >= 4 is 39.9 Å². The highest BCUT2D eigenvalue weighted by Crippen LogP contribution is 2.41. The van der Waals surface area contributed by atoms with Gasteiger partial charge in [0.05, 0.1) is 45.7 Å². The predicted octanol–water partition coefficient (Wildman–Crippen LogP) is 6.15. The molecule has 0 radical (unpaired) electrons. The van der Waals surface area contributed by atoms with Crippen LogP contribution in [0.15, 0.2) is 61.1 Å². The second-order valence-electron chi connectivity index (χ2n) is 9.15. The Morgan fingerprint density at radius 1 is 1.15 bits per heavy atom. The number of carbonyl (C=O) groups excluding carboxylic acids is 1. The molecule has 39 heavy (non-hydrogen) atoms. The van der Waals surface area contributed by atoms with Gasteiger partial charge in [-0.25, -0.2) is 14.4 Å². The molecule has 0 saturated heterocycles. The van der Waals surface area contributed by atoms with Gasteiger partial charge in [0.25, 0.3) is 5.91 Å². The number of carbonyl (C=O) groups is 1. The van der Waals surface area contributed by atoms with Gasteiger partial charge < -0.3 is 15.4 Å². The number of fused-ring (bicyclic) bond motifs is 4. The van der Waals surface area contributed by atoms with E-state index in [2.05, 4.69) is 9.97 Å². The average molecular weight is 556 g/mol. The molecule has 1 atom stereocenters. The standard InChI is InChI=1S/C27H18ClF4N5O2/c1-36(26(38)17-8-21-20(9-18(17)28)35-25(33)22-10-34-12-37(21)22)23-11-39-24-6-13(2-4-15(23)24)16-7-14(27(30,31)32)3-5-19(16)29/h2-10,12,23H,11H2,1H3,(H2,33,35)/t23-/m1/s1. The molecule has 198 valence electrons. The number of nitrogens with zero attached hydrogens (tertiary/aromatic N) is 4. The van der Waals surface area contributed by atoms with Crippen molar-refractivity contribution in [2.75, 3.05) is 19.4 Å². The van der Waals surface area contributed by atoms with E-state index in [1.165, 1.54) is 17.0 Å². The Morgan fingerprint density at radius 2 is 1.95 bits per heavy atom. The Morgan fingerprint density at radius 3 is 2.72 bits per heavy atom. The molecule has 0 aliphatic carbocycles. The Hall–Kier alpha value is -4.38. The van der Waals surface area contributed by atoms with Gasteiger partial charge in [-0.1, -0.05) is 23.7 Å². The van der Waals surface area contributed by atoms with Gasteiger partial charge in [-0.3, -0.25) is 9.20 Å². The predicted molar refractivity (Wildman–Crippen MR) is 137 cm³/mol. The summed E-state index contributed by atoms with van der Waals surface area (Å²) in [5, 5.41) is 0.181. The average Bonchev–Trinajstić information content (AvgIpc) is 3.55. The van der Waals surface area contributed by atoms with Gasteiger partial charge in [0.2, 0.25) is 0 Å². The maximum atomic E-state index is 14.5. The van der Waals surface area contributed by atoms with Crippen LogP contribution in [0.3, 0.4) is 0 Å². The Kier molecular flexibility index (Phi) is 5.65. The fourth-order valence-electron chi connectivity index (χ4n) is 4.80. The minimum Gasteiger partial charge on any atom is -0.491 e. The number of benzene rings is 3. The number of nitrogen functional groups attached to an aromatic ring is 1. The lowest BCUT2D eigenvalue weighted by Crippen LogP contribution is -2.32. The summed E-state index contributed by atoms with van der Waals surface area (Å²) in [4.78, 5) is 23.5. The molecule has 1 amide bonds. The molecule has 12 heteroatoms. The molecule has 1 aliphatic heterocycles. The fourth-order valence-corrected chi connectivity index (χ4v) is 5.04. The fraction of sp³-hybridized carbons (Fsp3) is 0.148. The van der Waals surface area contributed by atoms with Crippen LogP contribution in [0, 0.1) is 5.82 Å². The zero-order valence-electron chi connectivity index (χ0n) is 20.1. The summed E-state index contributed by atoms with van der Waals surface area (Å²) in [7, 11) is 1.60. The van der Waals surface area contributed by atoms with E-state index in [1.54, 1.807) is 42.2 Å². The molecule has 3 heterocycles. The molecule has 2 N–H and O–H groups in total. The van der Waals surface area contributed by atoms with Crippen LogP contribution in [-0.4, -0.2) is 38.8 Å². The van der Waals surface area contributed by atoms with Crippen molar-refractivity contribution < 1.29 is 27.1 Å². The third kappa shape index (κ3) is 4.09. The van der Waals surface area contributed by atoms with Crippen molar-refractivity contribution in [3.63, 3.8) is 0 Å². The van der Waals surface area contributed by atoms with Crippen molar-refractivity contribution in [2.24, 2.45) is 0 Å². The first kappa shape index (κ1) is 24.9. The summed E-state index contributed by atoms with van der Waals surface area (Å²) in [6.45, 7) is 0.0984. The summed E-state index contributed by atoms with van der Waals surface area (Å²) in [6, 6.07) is 9.51. The van der Waals surface area contributed by atoms with Crippen LogP contribution in [0.4, 0.5) is 23.4 Å². The van der Waals surface area contributed by atoms with E-state index in [-0.39, 0.29) is 40.0 Å². The number of halogens is 5. The molecule has 0 unspecified atom stereocenters. The van der Waals surface area contributed by atoms with Gasteiger partial charge in [0, 0.05) is 18.2 Å². The van der Waals surface area contributed by atoms with E-state index >= 15 is 0 Å². The number of hydrogen-bond donors (Lipinski definition) is 1. The maximum absolute atomic E-state index is 14.5. The third-order valence-electron chi connectivity index (χ3n) is 6.86. The molecule has 1 aliphatic rings. The van der Waals surface area contributed by atoms with E-state index in [1.807, 2.05) is 0 Å². The zero-order chi connectivity index (χ0) is 27.6. The quantitative estimate of drug-likeness (QED) is 0.270. The van der Waals surface area contributed by atoms with Crippen LogP contribution < -0.4 is 10.5 Å². The van der Waals surface area contributed by atoms with E-state index in [0.29, 0.717) is 33.9 Å². The number of alkyl halides is 3. The summed E-state index contributed by atoms with van der Waals surface area (Å²) >= 11 is 6.47. The van der Waals surface area contributed by atoms with Crippen molar-refractivity contribution in [1.82, 2.24) is 19.3 Å². The molecule has 0 fully saturated rings. The lowest BCUT2D eigenvalue weighted by Gasteiger charge is -2.24. The highest BCUT2D eigenvalue weighted by atomic mass is 35.5. The second-order valence-corrected chi connectivity index (χ2v) is 9.56. The summed E-state index contributed by atoms with van der Waals surface area (Å²) < 4.78 is 61.5. The normalized spacial score (nSPS) is 15.0. The van der Waals surface area contributed by atoms with Crippen LogP contribution in [0.2, 0.25) is 5.02 Å².